The largest absolute Gasteiger partial charge is 0.465 e. The zero-order valence-electron chi connectivity index (χ0n) is 10.6. The first-order chi connectivity index (χ1) is 8.97. The number of halogens is 1. The summed E-state index contributed by atoms with van der Waals surface area (Å²) in [5.41, 5.74) is 0.341. The molecular weight excluding hydrogens is 251 g/mol. The van der Waals surface area contributed by atoms with Gasteiger partial charge in [-0.25, -0.2) is 4.39 Å². The first-order valence-electron chi connectivity index (χ1n) is 5.71. The van der Waals surface area contributed by atoms with Crippen molar-refractivity contribution in [1.29, 1.82) is 0 Å². The molecule has 2 rings (SSSR count). The van der Waals surface area contributed by atoms with Crippen LogP contribution in [0.2, 0.25) is 0 Å². The van der Waals surface area contributed by atoms with E-state index in [0.29, 0.717) is 17.9 Å². The molecule has 0 spiro atoms. The molecule has 0 amide bonds. The molecule has 2 aromatic rings. The van der Waals surface area contributed by atoms with Gasteiger partial charge in [-0.1, -0.05) is 0 Å². The molecule has 0 bridgehead atoms. The molecule has 19 heavy (non-hydrogen) atoms. The number of furan rings is 1. The lowest BCUT2D eigenvalue weighted by Crippen LogP contribution is -2.03. The molecule has 0 aliphatic heterocycles. The molecule has 1 aromatic heterocycles. The number of nitrogens with zero attached hydrogens (tertiary/aromatic N) is 1. The fraction of sp³-hybridized carbons (Fsp3) is 0.231. The zero-order valence-corrected chi connectivity index (χ0v) is 10.6. The van der Waals surface area contributed by atoms with Crippen molar-refractivity contribution in [2.45, 2.75) is 20.4 Å². The van der Waals surface area contributed by atoms with Crippen LogP contribution < -0.4 is 5.32 Å². The standard InChI is InChI=1S/C13H13FN2O3/c1-8-5-12(13(16(17)18)6-11(8)14)15-7-10-4-3-9(2)19-10/h3-6,15H,7H2,1-2H3. The Morgan fingerprint density at radius 2 is 2.11 bits per heavy atom. The van der Waals surface area contributed by atoms with E-state index in [1.807, 2.05) is 6.92 Å². The molecular formula is C13H13FN2O3. The molecule has 0 radical (unpaired) electrons. The maximum absolute atomic E-state index is 13.3. The third kappa shape index (κ3) is 2.90. The minimum atomic E-state index is -0.613. The molecule has 0 fully saturated rings. The number of nitro benzene ring substituents is 1. The van der Waals surface area contributed by atoms with E-state index in [0.717, 1.165) is 11.8 Å². The van der Waals surface area contributed by atoms with Crippen molar-refractivity contribution in [1.82, 2.24) is 0 Å². The van der Waals surface area contributed by atoms with E-state index in [-0.39, 0.29) is 11.4 Å². The van der Waals surface area contributed by atoms with Crippen LogP contribution in [0.25, 0.3) is 0 Å². The second-order valence-corrected chi connectivity index (χ2v) is 4.24. The van der Waals surface area contributed by atoms with Crippen LogP contribution in [0.15, 0.2) is 28.7 Å². The summed E-state index contributed by atoms with van der Waals surface area (Å²) < 4.78 is 18.7. The van der Waals surface area contributed by atoms with E-state index in [2.05, 4.69) is 5.32 Å². The summed E-state index contributed by atoms with van der Waals surface area (Å²) in [7, 11) is 0. The van der Waals surface area contributed by atoms with E-state index in [4.69, 9.17) is 4.42 Å². The maximum Gasteiger partial charge on any atom is 0.295 e. The summed E-state index contributed by atoms with van der Waals surface area (Å²) in [4.78, 5) is 10.3. The van der Waals surface area contributed by atoms with Gasteiger partial charge in [0, 0.05) is 0 Å². The van der Waals surface area contributed by atoms with E-state index in [9.17, 15) is 14.5 Å². The molecule has 6 heteroatoms. The molecule has 1 aromatic carbocycles. The number of anilines is 1. The third-order valence-corrected chi connectivity index (χ3v) is 2.72. The van der Waals surface area contributed by atoms with Gasteiger partial charge in [-0.05, 0) is 37.6 Å². The average Bonchev–Trinajstić information content (AvgIpc) is 2.76. The van der Waals surface area contributed by atoms with Crippen molar-refractivity contribution >= 4 is 11.4 Å². The predicted molar refractivity (Wildman–Crippen MR) is 68.6 cm³/mol. The summed E-state index contributed by atoms with van der Waals surface area (Å²) in [6, 6.07) is 5.93. The van der Waals surface area contributed by atoms with E-state index in [1.54, 1.807) is 19.1 Å². The second-order valence-electron chi connectivity index (χ2n) is 4.24. The lowest BCUT2D eigenvalue weighted by atomic mass is 10.1. The lowest BCUT2D eigenvalue weighted by molar-refractivity contribution is -0.384. The summed E-state index contributed by atoms with van der Waals surface area (Å²) >= 11 is 0. The summed E-state index contributed by atoms with van der Waals surface area (Å²) in [5, 5.41) is 13.8. The van der Waals surface area contributed by atoms with Gasteiger partial charge in [0.2, 0.25) is 0 Å². The van der Waals surface area contributed by atoms with Crippen LogP contribution in [-0.2, 0) is 6.54 Å². The van der Waals surface area contributed by atoms with Crippen LogP contribution in [0.4, 0.5) is 15.8 Å². The molecule has 0 saturated heterocycles. The van der Waals surface area contributed by atoms with Crippen molar-refractivity contribution in [3.63, 3.8) is 0 Å². The van der Waals surface area contributed by atoms with Crippen molar-refractivity contribution in [2.75, 3.05) is 5.32 Å². The monoisotopic (exact) mass is 264 g/mol. The zero-order chi connectivity index (χ0) is 14.0. The van der Waals surface area contributed by atoms with Crippen molar-refractivity contribution in [2.24, 2.45) is 0 Å². The number of rotatable bonds is 4. The molecule has 0 aliphatic carbocycles. The van der Waals surface area contributed by atoms with Gasteiger partial charge in [0.25, 0.3) is 5.69 Å². The molecule has 1 N–H and O–H groups in total. The quantitative estimate of drug-likeness (QED) is 0.677. The van der Waals surface area contributed by atoms with Gasteiger partial charge in [-0.3, -0.25) is 10.1 Å². The minimum Gasteiger partial charge on any atom is -0.465 e. The Hall–Kier alpha value is -2.37. The first-order valence-corrected chi connectivity index (χ1v) is 5.71. The van der Waals surface area contributed by atoms with Gasteiger partial charge in [0.15, 0.2) is 0 Å². The Morgan fingerprint density at radius 1 is 1.37 bits per heavy atom. The van der Waals surface area contributed by atoms with Crippen molar-refractivity contribution < 1.29 is 13.7 Å². The highest BCUT2D eigenvalue weighted by molar-refractivity contribution is 5.63. The molecule has 0 unspecified atom stereocenters. The number of hydrogen-bond acceptors (Lipinski definition) is 4. The number of nitrogens with one attached hydrogen (secondary N) is 1. The van der Waals surface area contributed by atoms with Crippen molar-refractivity contribution in [3.8, 4) is 0 Å². The van der Waals surface area contributed by atoms with Crippen LogP contribution in [0.5, 0.6) is 0 Å². The summed E-state index contributed by atoms with van der Waals surface area (Å²) in [6.07, 6.45) is 0. The maximum atomic E-state index is 13.3. The van der Waals surface area contributed by atoms with E-state index >= 15 is 0 Å². The van der Waals surface area contributed by atoms with Gasteiger partial charge in [0.05, 0.1) is 17.5 Å². The Balaban J connectivity index is 2.23. The van der Waals surface area contributed by atoms with Crippen LogP contribution in [-0.4, -0.2) is 4.92 Å². The van der Waals surface area contributed by atoms with E-state index in [1.165, 1.54) is 6.07 Å². The Kier molecular flexibility index (Phi) is 3.50. The number of benzene rings is 1. The highest BCUT2D eigenvalue weighted by Crippen LogP contribution is 2.28. The number of aryl methyl sites for hydroxylation is 2. The summed E-state index contributed by atoms with van der Waals surface area (Å²) in [5.74, 6) is 0.835. The van der Waals surface area contributed by atoms with Gasteiger partial charge < -0.3 is 9.73 Å². The SMILES string of the molecule is Cc1ccc(CNc2cc(C)c(F)cc2[N+](=O)[O-])o1. The minimum absolute atomic E-state index is 0.276. The smallest absolute Gasteiger partial charge is 0.295 e. The van der Waals surface area contributed by atoms with Crippen LogP contribution >= 0.6 is 0 Å². The Labute approximate surface area is 109 Å². The van der Waals surface area contributed by atoms with Crippen LogP contribution in [0, 0.1) is 29.8 Å². The topological polar surface area (TPSA) is 68.3 Å². The van der Waals surface area contributed by atoms with Gasteiger partial charge >= 0.3 is 0 Å². The lowest BCUT2D eigenvalue weighted by Gasteiger charge is -2.07. The highest BCUT2D eigenvalue weighted by Gasteiger charge is 2.17. The summed E-state index contributed by atoms with van der Waals surface area (Å²) in [6.45, 7) is 3.68. The van der Waals surface area contributed by atoms with E-state index < -0.39 is 10.7 Å². The first kappa shape index (κ1) is 13.1. The molecule has 0 atom stereocenters. The third-order valence-electron chi connectivity index (χ3n) is 2.72. The molecule has 0 saturated carbocycles. The van der Waals surface area contributed by atoms with Crippen molar-refractivity contribution in [3.05, 3.63) is 57.3 Å². The molecule has 5 nitrogen and oxygen atoms in total. The van der Waals surface area contributed by atoms with Gasteiger partial charge in [-0.15, -0.1) is 0 Å². The normalized spacial score (nSPS) is 10.5. The molecule has 0 aliphatic rings. The van der Waals surface area contributed by atoms with Crippen LogP contribution in [0.3, 0.4) is 0 Å². The second kappa shape index (κ2) is 5.09. The van der Waals surface area contributed by atoms with Gasteiger partial charge in [0.1, 0.15) is 23.0 Å². The fourth-order valence-electron chi connectivity index (χ4n) is 1.73. The Morgan fingerprint density at radius 3 is 2.68 bits per heavy atom. The molecule has 100 valence electrons. The number of hydrogen-bond donors (Lipinski definition) is 1. The van der Waals surface area contributed by atoms with Gasteiger partial charge in [-0.2, -0.15) is 0 Å². The predicted octanol–water partition coefficient (Wildman–Crippen LogP) is 3.56. The Bertz CT molecular complexity index is 622. The highest BCUT2D eigenvalue weighted by atomic mass is 19.1. The average molecular weight is 264 g/mol. The van der Waals surface area contributed by atoms with Crippen LogP contribution in [0.1, 0.15) is 17.1 Å². The number of nitro groups is 1. The fourth-order valence-corrected chi connectivity index (χ4v) is 1.73. The molecule has 1 heterocycles.